The van der Waals surface area contributed by atoms with E-state index in [-0.39, 0.29) is 18.5 Å². The lowest BCUT2D eigenvalue weighted by Crippen LogP contribution is -2.23. The lowest BCUT2D eigenvalue weighted by Gasteiger charge is -2.10. The van der Waals surface area contributed by atoms with Crippen LogP contribution < -0.4 is 15.8 Å². The Morgan fingerprint density at radius 3 is 2.95 bits per heavy atom. The number of methoxy groups -OCH3 is 1. The van der Waals surface area contributed by atoms with Crippen molar-refractivity contribution in [2.45, 2.75) is 19.5 Å². The Kier molecular flexibility index (Phi) is 5.17. The van der Waals surface area contributed by atoms with Gasteiger partial charge in [-0.25, -0.2) is 4.98 Å². The SMILES string of the molecule is COc1cccc(Cl)c1CNC(=O)c1csc(C(C)N)n1. The number of aromatic nitrogens is 1. The molecule has 5 nitrogen and oxygen atoms in total. The number of amides is 1. The molecule has 0 spiro atoms. The van der Waals surface area contributed by atoms with Gasteiger partial charge >= 0.3 is 0 Å². The Bertz CT molecular complexity index is 643. The van der Waals surface area contributed by atoms with Gasteiger partial charge in [0.2, 0.25) is 0 Å². The van der Waals surface area contributed by atoms with E-state index in [1.54, 1.807) is 30.7 Å². The average molecular weight is 326 g/mol. The van der Waals surface area contributed by atoms with Crippen LogP contribution in [0.4, 0.5) is 0 Å². The van der Waals surface area contributed by atoms with Crippen molar-refractivity contribution < 1.29 is 9.53 Å². The third kappa shape index (κ3) is 3.72. The van der Waals surface area contributed by atoms with Crippen LogP contribution in [0.3, 0.4) is 0 Å². The summed E-state index contributed by atoms with van der Waals surface area (Å²) in [5, 5.41) is 5.75. The van der Waals surface area contributed by atoms with Crippen molar-refractivity contribution in [2.75, 3.05) is 7.11 Å². The van der Waals surface area contributed by atoms with Gasteiger partial charge in [-0.3, -0.25) is 4.79 Å². The van der Waals surface area contributed by atoms with Gasteiger partial charge in [0.05, 0.1) is 13.2 Å². The molecule has 1 unspecified atom stereocenters. The Labute approximate surface area is 132 Å². The highest BCUT2D eigenvalue weighted by Gasteiger charge is 2.14. The largest absolute Gasteiger partial charge is 0.496 e. The maximum atomic E-state index is 12.1. The quantitative estimate of drug-likeness (QED) is 0.886. The van der Waals surface area contributed by atoms with Crippen molar-refractivity contribution >= 4 is 28.8 Å². The minimum atomic E-state index is -0.264. The summed E-state index contributed by atoms with van der Waals surface area (Å²) in [5.41, 5.74) is 6.83. The second-order valence-electron chi connectivity index (χ2n) is 4.46. The molecule has 0 bridgehead atoms. The van der Waals surface area contributed by atoms with Crippen LogP contribution in [-0.2, 0) is 6.54 Å². The van der Waals surface area contributed by atoms with E-state index in [1.807, 2.05) is 6.92 Å². The number of nitrogens with zero attached hydrogens (tertiary/aromatic N) is 1. The van der Waals surface area contributed by atoms with Gasteiger partial charge in [0.1, 0.15) is 16.5 Å². The molecule has 0 saturated heterocycles. The zero-order valence-electron chi connectivity index (χ0n) is 11.7. The van der Waals surface area contributed by atoms with Gasteiger partial charge in [-0.2, -0.15) is 0 Å². The van der Waals surface area contributed by atoms with Crippen LogP contribution in [0.2, 0.25) is 5.02 Å². The molecule has 2 rings (SSSR count). The molecule has 1 aromatic carbocycles. The number of benzene rings is 1. The Balaban J connectivity index is 2.07. The van der Waals surface area contributed by atoms with Gasteiger partial charge in [0.25, 0.3) is 5.91 Å². The molecule has 0 aliphatic rings. The smallest absolute Gasteiger partial charge is 0.271 e. The van der Waals surface area contributed by atoms with Crippen molar-refractivity contribution in [3.8, 4) is 5.75 Å². The van der Waals surface area contributed by atoms with Gasteiger partial charge in [-0.15, -0.1) is 11.3 Å². The first-order chi connectivity index (χ1) is 10.0. The van der Waals surface area contributed by atoms with Crippen LogP contribution in [0.1, 0.15) is 34.0 Å². The molecule has 0 aliphatic heterocycles. The number of nitrogens with one attached hydrogen (secondary N) is 1. The first-order valence-electron chi connectivity index (χ1n) is 6.33. The van der Waals surface area contributed by atoms with Crippen LogP contribution in [0.25, 0.3) is 0 Å². The maximum absolute atomic E-state index is 12.1. The van der Waals surface area contributed by atoms with E-state index in [2.05, 4.69) is 10.3 Å². The lowest BCUT2D eigenvalue weighted by atomic mass is 10.2. The minimum absolute atomic E-state index is 0.180. The first-order valence-corrected chi connectivity index (χ1v) is 7.59. The molecule has 1 atom stereocenters. The predicted molar refractivity (Wildman–Crippen MR) is 83.9 cm³/mol. The van der Waals surface area contributed by atoms with Crippen molar-refractivity contribution in [1.29, 1.82) is 0 Å². The van der Waals surface area contributed by atoms with E-state index in [0.29, 0.717) is 16.5 Å². The summed E-state index contributed by atoms with van der Waals surface area (Å²) in [4.78, 5) is 16.3. The molecule has 2 aromatic rings. The molecule has 7 heteroatoms. The van der Waals surface area contributed by atoms with Crippen molar-refractivity contribution in [3.63, 3.8) is 0 Å². The van der Waals surface area contributed by atoms with Gasteiger partial charge in [-0.1, -0.05) is 17.7 Å². The first kappa shape index (κ1) is 15.8. The zero-order valence-corrected chi connectivity index (χ0v) is 13.3. The van der Waals surface area contributed by atoms with Crippen molar-refractivity contribution in [2.24, 2.45) is 5.73 Å². The fourth-order valence-corrected chi connectivity index (χ4v) is 2.75. The zero-order chi connectivity index (χ0) is 15.4. The fraction of sp³-hybridized carbons (Fsp3) is 0.286. The van der Waals surface area contributed by atoms with E-state index in [9.17, 15) is 4.79 Å². The number of carbonyl (C=O) groups excluding carboxylic acids is 1. The Morgan fingerprint density at radius 2 is 2.33 bits per heavy atom. The molecule has 0 saturated carbocycles. The molecule has 1 heterocycles. The maximum Gasteiger partial charge on any atom is 0.271 e. The summed E-state index contributed by atoms with van der Waals surface area (Å²) in [6, 6.07) is 5.16. The van der Waals surface area contributed by atoms with Crippen LogP contribution in [0.5, 0.6) is 5.75 Å². The van der Waals surface area contributed by atoms with Crippen LogP contribution in [0.15, 0.2) is 23.6 Å². The number of thiazole rings is 1. The van der Waals surface area contributed by atoms with Crippen LogP contribution >= 0.6 is 22.9 Å². The van der Waals surface area contributed by atoms with E-state index in [1.165, 1.54) is 11.3 Å². The number of carbonyl (C=O) groups is 1. The molecule has 0 radical (unpaired) electrons. The average Bonchev–Trinajstić information content (AvgIpc) is 2.95. The van der Waals surface area contributed by atoms with Gasteiger partial charge < -0.3 is 15.8 Å². The molecule has 1 aromatic heterocycles. The third-order valence-electron chi connectivity index (χ3n) is 2.87. The number of rotatable bonds is 5. The fourth-order valence-electron chi connectivity index (χ4n) is 1.76. The Hall–Kier alpha value is -1.63. The number of nitrogens with two attached hydrogens (primary N) is 1. The van der Waals surface area contributed by atoms with Crippen molar-refractivity contribution in [3.05, 3.63) is 44.9 Å². The highest BCUT2D eigenvalue weighted by molar-refractivity contribution is 7.09. The van der Waals surface area contributed by atoms with Gasteiger partial charge in [-0.05, 0) is 19.1 Å². The summed E-state index contributed by atoms with van der Waals surface area (Å²) in [5.74, 6) is 0.373. The van der Waals surface area contributed by atoms with Gasteiger partial charge in [0.15, 0.2) is 0 Å². The molecule has 112 valence electrons. The van der Waals surface area contributed by atoms with E-state index >= 15 is 0 Å². The Morgan fingerprint density at radius 1 is 1.57 bits per heavy atom. The van der Waals surface area contributed by atoms with Crippen LogP contribution in [-0.4, -0.2) is 18.0 Å². The summed E-state index contributed by atoms with van der Waals surface area (Å²) in [6.07, 6.45) is 0. The second kappa shape index (κ2) is 6.89. The standard InChI is InChI=1S/C14H16ClN3O2S/c1-8(16)14-18-11(7-21-14)13(19)17-6-9-10(15)4-3-5-12(9)20-2/h3-5,7-8H,6,16H2,1-2H3,(H,17,19). The second-order valence-corrected chi connectivity index (χ2v) is 5.76. The molecular formula is C14H16ClN3O2S. The summed E-state index contributed by atoms with van der Waals surface area (Å²) in [6.45, 7) is 2.10. The van der Waals surface area contributed by atoms with E-state index in [0.717, 1.165) is 10.6 Å². The monoisotopic (exact) mass is 325 g/mol. The van der Waals surface area contributed by atoms with E-state index in [4.69, 9.17) is 22.1 Å². The highest BCUT2D eigenvalue weighted by Crippen LogP contribution is 2.26. The molecular weight excluding hydrogens is 310 g/mol. The highest BCUT2D eigenvalue weighted by atomic mass is 35.5. The molecule has 1 amide bonds. The van der Waals surface area contributed by atoms with Gasteiger partial charge in [0, 0.05) is 22.5 Å². The summed E-state index contributed by atoms with van der Waals surface area (Å²) >= 11 is 7.49. The molecule has 0 aliphatic carbocycles. The number of halogens is 1. The minimum Gasteiger partial charge on any atom is -0.496 e. The number of ether oxygens (including phenoxy) is 1. The van der Waals surface area contributed by atoms with Crippen LogP contribution in [0, 0.1) is 0 Å². The topological polar surface area (TPSA) is 77.2 Å². The van der Waals surface area contributed by atoms with E-state index < -0.39 is 0 Å². The molecule has 3 N–H and O–H groups in total. The van der Waals surface area contributed by atoms with Crippen molar-refractivity contribution in [1.82, 2.24) is 10.3 Å². The summed E-state index contributed by atoms with van der Waals surface area (Å²) < 4.78 is 5.23. The lowest BCUT2D eigenvalue weighted by molar-refractivity contribution is 0.0946. The number of hydrogen-bond donors (Lipinski definition) is 2. The normalized spacial score (nSPS) is 12.0. The molecule has 21 heavy (non-hydrogen) atoms. The molecule has 0 fully saturated rings. The summed E-state index contributed by atoms with van der Waals surface area (Å²) in [7, 11) is 1.56. The number of hydrogen-bond acceptors (Lipinski definition) is 5. The third-order valence-corrected chi connectivity index (χ3v) is 4.27. The predicted octanol–water partition coefficient (Wildman–Crippen LogP) is 2.75.